The smallest absolute Gasteiger partial charge is 0.147 e. The molecule has 0 aromatic heterocycles. The predicted octanol–water partition coefficient (Wildman–Crippen LogP) is 1.22. The lowest BCUT2D eigenvalue weighted by molar-refractivity contribution is -0.122. The van der Waals surface area contributed by atoms with Crippen LogP contribution in [0, 0.1) is 7.05 Å². The fourth-order valence-electron chi connectivity index (χ4n) is 1.43. The van der Waals surface area contributed by atoms with Crippen molar-refractivity contribution in [2.75, 3.05) is 6.54 Å². The zero-order chi connectivity index (χ0) is 7.56. The summed E-state index contributed by atoms with van der Waals surface area (Å²) in [5.74, 6) is 0.340. The summed E-state index contributed by atoms with van der Waals surface area (Å²) in [7, 11) is 3.80. The SMILES string of the molecule is [CH2-]N1CCC[C@H]1C(=O)CC. The van der Waals surface area contributed by atoms with Crippen LogP contribution in [0.3, 0.4) is 0 Å². The molecule has 1 aliphatic rings. The molecule has 0 bridgehead atoms. The van der Waals surface area contributed by atoms with Gasteiger partial charge in [-0.2, -0.15) is 0 Å². The van der Waals surface area contributed by atoms with Gasteiger partial charge in [-0.05, 0) is 19.4 Å². The van der Waals surface area contributed by atoms with E-state index in [-0.39, 0.29) is 6.04 Å². The highest BCUT2D eigenvalue weighted by atomic mass is 16.1. The van der Waals surface area contributed by atoms with E-state index in [0.29, 0.717) is 12.2 Å². The fraction of sp³-hybridized carbons (Fsp3) is 0.750. The third-order valence-corrected chi connectivity index (χ3v) is 2.08. The van der Waals surface area contributed by atoms with Crippen LogP contribution in [0.15, 0.2) is 0 Å². The van der Waals surface area contributed by atoms with Crippen molar-refractivity contribution in [3.63, 3.8) is 0 Å². The number of carbonyl (C=O) groups excluding carboxylic acids is 1. The molecular weight excluding hydrogens is 126 g/mol. The van der Waals surface area contributed by atoms with Gasteiger partial charge in [0.15, 0.2) is 0 Å². The molecule has 0 amide bonds. The van der Waals surface area contributed by atoms with Gasteiger partial charge in [0.2, 0.25) is 0 Å². The summed E-state index contributed by atoms with van der Waals surface area (Å²) in [5, 5.41) is 0. The standard InChI is InChI=1S/C8H14NO/c1-3-8(10)7-5-4-6-9(7)2/h7H,2-6H2,1H3/q-1/t7-/m0/s1. The number of carbonyl (C=O) groups is 1. The van der Waals surface area contributed by atoms with E-state index in [9.17, 15) is 4.79 Å². The van der Waals surface area contributed by atoms with Crippen molar-refractivity contribution in [2.24, 2.45) is 0 Å². The van der Waals surface area contributed by atoms with Gasteiger partial charge in [-0.15, -0.1) is 0 Å². The number of nitrogens with zero attached hydrogens (tertiary/aromatic N) is 1. The van der Waals surface area contributed by atoms with Gasteiger partial charge in [-0.25, -0.2) is 0 Å². The Kier molecular flexibility index (Phi) is 2.44. The van der Waals surface area contributed by atoms with E-state index in [2.05, 4.69) is 7.05 Å². The fourth-order valence-corrected chi connectivity index (χ4v) is 1.43. The number of ketones is 1. The van der Waals surface area contributed by atoms with Gasteiger partial charge in [0.25, 0.3) is 0 Å². The third kappa shape index (κ3) is 1.37. The van der Waals surface area contributed by atoms with Crippen LogP contribution in [0.25, 0.3) is 0 Å². The maximum absolute atomic E-state index is 11.1. The van der Waals surface area contributed by atoms with E-state index in [1.54, 1.807) is 0 Å². The second-order valence-electron chi connectivity index (χ2n) is 2.79. The van der Waals surface area contributed by atoms with Crippen LogP contribution in [0.4, 0.5) is 0 Å². The van der Waals surface area contributed by atoms with E-state index < -0.39 is 0 Å². The first-order valence-corrected chi connectivity index (χ1v) is 3.85. The molecule has 1 heterocycles. The number of rotatable bonds is 2. The number of hydrogen-bond donors (Lipinski definition) is 0. The summed E-state index contributed by atoms with van der Waals surface area (Å²) >= 11 is 0. The molecule has 1 saturated heterocycles. The maximum atomic E-state index is 11.1. The first-order chi connectivity index (χ1) is 4.75. The first-order valence-electron chi connectivity index (χ1n) is 3.85. The van der Waals surface area contributed by atoms with Crippen molar-refractivity contribution >= 4 is 5.78 Å². The summed E-state index contributed by atoms with van der Waals surface area (Å²) < 4.78 is 0. The molecule has 1 atom stereocenters. The van der Waals surface area contributed by atoms with E-state index in [0.717, 1.165) is 19.4 Å². The summed E-state index contributed by atoms with van der Waals surface area (Å²) in [6, 6.07) is 0.130. The number of Topliss-reactive ketones (excluding diaryl/α,β-unsaturated/α-hetero) is 1. The van der Waals surface area contributed by atoms with Crippen LogP contribution in [0.1, 0.15) is 26.2 Å². The highest BCUT2D eigenvalue weighted by Gasteiger charge is 2.21. The minimum atomic E-state index is 0.130. The molecule has 0 spiro atoms. The zero-order valence-electron chi connectivity index (χ0n) is 6.47. The van der Waals surface area contributed by atoms with E-state index in [1.165, 1.54) is 0 Å². The highest BCUT2D eigenvalue weighted by molar-refractivity contribution is 5.83. The lowest BCUT2D eigenvalue weighted by Gasteiger charge is -2.25. The average molecular weight is 140 g/mol. The molecule has 0 aliphatic carbocycles. The summed E-state index contributed by atoms with van der Waals surface area (Å²) in [6.45, 7) is 2.89. The normalized spacial score (nSPS) is 27.2. The van der Waals surface area contributed by atoms with E-state index in [1.807, 2.05) is 11.8 Å². The quantitative estimate of drug-likeness (QED) is 0.537. The minimum Gasteiger partial charge on any atom is -0.450 e. The molecule has 1 rings (SSSR count). The van der Waals surface area contributed by atoms with Gasteiger partial charge in [-0.3, -0.25) is 11.8 Å². The largest absolute Gasteiger partial charge is 0.450 e. The van der Waals surface area contributed by atoms with Crippen molar-refractivity contribution in [3.05, 3.63) is 7.05 Å². The molecule has 0 saturated carbocycles. The Labute approximate surface area is 62.2 Å². The Balaban J connectivity index is 2.46. The number of hydrogen-bond acceptors (Lipinski definition) is 2. The Hall–Kier alpha value is -0.370. The van der Waals surface area contributed by atoms with Gasteiger partial charge in [-0.1, -0.05) is 6.92 Å². The Bertz CT molecular complexity index is 133. The van der Waals surface area contributed by atoms with Crippen LogP contribution in [-0.4, -0.2) is 23.3 Å². The molecule has 58 valence electrons. The summed E-state index contributed by atoms with van der Waals surface area (Å²) in [5.41, 5.74) is 0. The molecule has 0 unspecified atom stereocenters. The van der Waals surface area contributed by atoms with E-state index in [4.69, 9.17) is 0 Å². The van der Waals surface area contributed by atoms with Crippen molar-refractivity contribution in [2.45, 2.75) is 32.2 Å². The molecule has 1 fully saturated rings. The van der Waals surface area contributed by atoms with Crippen molar-refractivity contribution in [3.8, 4) is 0 Å². The second-order valence-corrected chi connectivity index (χ2v) is 2.79. The molecule has 2 nitrogen and oxygen atoms in total. The van der Waals surface area contributed by atoms with Gasteiger partial charge < -0.3 is 4.90 Å². The highest BCUT2D eigenvalue weighted by Crippen LogP contribution is 2.17. The first kappa shape index (κ1) is 7.73. The Morgan fingerprint density at radius 2 is 2.50 bits per heavy atom. The van der Waals surface area contributed by atoms with E-state index >= 15 is 0 Å². The minimum absolute atomic E-state index is 0.130. The molecule has 0 aromatic rings. The van der Waals surface area contributed by atoms with Crippen LogP contribution >= 0.6 is 0 Å². The van der Waals surface area contributed by atoms with Crippen LogP contribution < -0.4 is 0 Å². The molecule has 1 aliphatic heterocycles. The zero-order valence-corrected chi connectivity index (χ0v) is 6.47. The molecule has 2 heteroatoms. The topological polar surface area (TPSA) is 20.3 Å². The monoisotopic (exact) mass is 140 g/mol. The Morgan fingerprint density at radius 3 is 2.90 bits per heavy atom. The van der Waals surface area contributed by atoms with Crippen molar-refractivity contribution in [1.82, 2.24) is 4.90 Å². The van der Waals surface area contributed by atoms with Gasteiger partial charge in [0.1, 0.15) is 5.78 Å². The molecule has 0 N–H and O–H groups in total. The predicted molar refractivity (Wildman–Crippen MR) is 40.4 cm³/mol. The van der Waals surface area contributed by atoms with Gasteiger partial charge in [0.05, 0.1) is 0 Å². The van der Waals surface area contributed by atoms with Crippen molar-refractivity contribution < 1.29 is 4.79 Å². The summed E-state index contributed by atoms with van der Waals surface area (Å²) in [6.07, 6.45) is 2.78. The van der Waals surface area contributed by atoms with Crippen LogP contribution in [0.2, 0.25) is 0 Å². The van der Waals surface area contributed by atoms with Gasteiger partial charge in [0, 0.05) is 12.5 Å². The summed E-state index contributed by atoms with van der Waals surface area (Å²) in [4.78, 5) is 13.1. The molecular formula is C8H14NO-. The van der Waals surface area contributed by atoms with Gasteiger partial charge >= 0.3 is 0 Å². The maximum Gasteiger partial charge on any atom is 0.147 e. The number of likely N-dealkylation sites (tertiary alicyclic amines) is 1. The third-order valence-electron chi connectivity index (χ3n) is 2.08. The van der Waals surface area contributed by atoms with Crippen LogP contribution in [0.5, 0.6) is 0 Å². The Morgan fingerprint density at radius 1 is 1.80 bits per heavy atom. The lowest BCUT2D eigenvalue weighted by Crippen LogP contribution is -2.30. The van der Waals surface area contributed by atoms with Crippen molar-refractivity contribution in [1.29, 1.82) is 0 Å². The second kappa shape index (κ2) is 3.15. The van der Waals surface area contributed by atoms with Crippen LogP contribution in [-0.2, 0) is 4.79 Å². The molecule has 0 radical (unpaired) electrons. The average Bonchev–Trinajstić information content (AvgIpc) is 2.34. The molecule has 10 heavy (non-hydrogen) atoms. The lowest BCUT2D eigenvalue weighted by atomic mass is 10.1. The molecule has 0 aromatic carbocycles.